The molecular weight excluding hydrogens is 195 g/mol. The molecule has 0 aliphatic carbocycles. The van der Waals surface area contributed by atoms with Crippen molar-refractivity contribution in [3.8, 4) is 0 Å². The van der Waals surface area contributed by atoms with Crippen molar-refractivity contribution in [1.82, 2.24) is 0 Å². The number of carbonyl (C=O) groups is 1. The zero-order chi connectivity index (χ0) is 5.70. The summed E-state index contributed by atoms with van der Waals surface area (Å²) in [5.41, 5.74) is 0. The Morgan fingerprint density at radius 1 is 1.71 bits per heavy atom. The van der Waals surface area contributed by atoms with Gasteiger partial charge in [-0.05, 0) is 0 Å². The van der Waals surface area contributed by atoms with Gasteiger partial charge in [0.05, 0.1) is 0 Å². The van der Waals surface area contributed by atoms with Crippen LogP contribution in [0.2, 0.25) is 4.44 Å². The van der Waals surface area contributed by atoms with Crippen molar-refractivity contribution in [1.29, 1.82) is 0 Å². The second-order valence-corrected chi connectivity index (χ2v) is 2.98. The molecule has 0 aromatic heterocycles. The third-order valence-corrected chi connectivity index (χ3v) is 1.71. The summed E-state index contributed by atoms with van der Waals surface area (Å²) in [4.78, 5) is 10.2. The fourth-order valence-corrected chi connectivity index (χ4v) is 0.842. The number of carbonyl (C=O) groups excluding carboxylic acids is 1. The SMILES string of the molecule is CC(=O)CC[CH2][Sn]. The van der Waals surface area contributed by atoms with E-state index in [-0.39, 0.29) is 0 Å². The van der Waals surface area contributed by atoms with Gasteiger partial charge in [-0.1, -0.05) is 0 Å². The summed E-state index contributed by atoms with van der Waals surface area (Å²) in [6.45, 7) is 1.64. The number of rotatable bonds is 3. The van der Waals surface area contributed by atoms with E-state index < -0.39 is 0 Å². The van der Waals surface area contributed by atoms with Crippen LogP contribution in [0.15, 0.2) is 0 Å². The summed E-state index contributed by atoms with van der Waals surface area (Å²) in [6, 6.07) is 0. The van der Waals surface area contributed by atoms with Crippen molar-refractivity contribution < 1.29 is 4.79 Å². The Morgan fingerprint density at radius 2 is 2.29 bits per heavy atom. The molecule has 0 aromatic carbocycles. The molecule has 0 spiro atoms. The van der Waals surface area contributed by atoms with Gasteiger partial charge in [-0.25, -0.2) is 0 Å². The van der Waals surface area contributed by atoms with Gasteiger partial charge in [0.15, 0.2) is 0 Å². The molecule has 0 amide bonds. The van der Waals surface area contributed by atoms with E-state index in [1.807, 2.05) is 0 Å². The summed E-state index contributed by atoms with van der Waals surface area (Å²) in [7, 11) is 0. The average Bonchev–Trinajstić information content (AvgIpc) is 1.61. The maximum absolute atomic E-state index is 10.2. The number of hydrogen-bond acceptors (Lipinski definition) is 1. The maximum atomic E-state index is 10.2. The van der Waals surface area contributed by atoms with Crippen LogP contribution in [-0.4, -0.2) is 28.3 Å². The first-order valence-corrected chi connectivity index (χ1v) is 4.43. The Labute approximate surface area is 57.6 Å². The Balaban J connectivity index is 2.82. The van der Waals surface area contributed by atoms with Crippen molar-refractivity contribution in [3.63, 3.8) is 0 Å². The Morgan fingerprint density at radius 3 is 2.43 bits per heavy atom. The van der Waals surface area contributed by atoms with E-state index >= 15 is 0 Å². The molecule has 7 heavy (non-hydrogen) atoms. The van der Waals surface area contributed by atoms with E-state index in [1.54, 1.807) is 6.92 Å². The third kappa shape index (κ3) is 6.47. The second-order valence-electron chi connectivity index (χ2n) is 1.56. The number of ketones is 1. The van der Waals surface area contributed by atoms with Gasteiger partial charge in [0.25, 0.3) is 0 Å². The summed E-state index contributed by atoms with van der Waals surface area (Å²) < 4.78 is 1.21. The fourth-order valence-electron chi connectivity index (χ4n) is 0.337. The van der Waals surface area contributed by atoms with Crippen molar-refractivity contribution in [2.45, 2.75) is 24.2 Å². The van der Waals surface area contributed by atoms with Crippen LogP contribution in [0, 0.1) is 0 Å². The number of Topliss-reactive ketones (excluding diaryl/α,β-unsaturated/α-hetero) is 1. The van der Waals surface area contributed by atoms with Crippen molar-refractivity contribution in [2.75, 3.05) is 0 Å². The summed E-state index contributed by atoms with van der Waals surface area (Å²) >= 11 is 1.54. The van der Waals surface area contributed by atoms with Gasteiger partial charge in [-0.15, -0.1) is 0 Å². The Kier molecular flexibility index (Phi) is 4.93. The van der Waals surface area contributed by atoms with Gasteiger partial charge in [0, 0.05) is 0 Å². The van der Waals surface area contributed by atoms with E-state index in [9.17, 15) is 4.79 Å². The molecule has 0 saturated heterocycles. The Hall–Kier alpha value is 0.469. The van der Waals surface area contributed by atoms with Crippen LogP contribution in [0.5, 0.6) is 0 Å². The first-order valence-electron chi connectivity index (χ1n) is 2.41. The molecule has 39 valence electrons. The normalized spacial score (nSPS) is 8.86. The zero-order valence-electron chi connectivity index (χ0n) is 4.53. The van der Waals surface area contributed by atoms with Crippen LogP contribution >= 0.6 is 0 Å². The predicted octanol–water partition coefficient (Wildman–Crippen LogP) is 0.942. The molecule has 0 rings (SSSR count). The molecule has 0 N–H and O–H groups in total. The predicted molar refractivity (Wildman–Crippen MR) is 30.5 cm³/mol. The molecular formula is C5H9OSn. The molecule has 0 aromatic rings. The third-order valence-electron chi connectivity index (χ3n) is 0.706. The summed E-state index contributed by atoms with van der Waals surface area (Å²) in [5, 5.41) is 0. The molecule has 0 aliphatic heterocycles. The van der Waals surface area contributed by atoms with Gasteiger partial charge in [-0.2, -0.15) is 0 Å². The molecule has 3 radical (unpaired) electrons. The molecule has 0 unspecified atom stereocenters. The first kappa shape index (κ1) is 7.47. The molecule has 1 nitrogen and oxygen atoms in total. The molecule has 0 aliphatic rings. The van der Waals surface area contributed by atoms with E-state index in [2.05, 4.69) is 0 Å². The minimum atomic E-state index is 0.322. The van der Waals surface area contributed by atoms with Crippen LogP contribution in [-0.2, 0) is 4.79 Å². The van der Waals surface area contributed by atoms with Gasteiger partial charge in [0.1, 0.15) is 0 Å². The Bertz CT molecular complexity index is 61.1. The minimum absolute atomic E-state index is 0.322. The molecule has 0 fully saturated rings. The van der Waals surface area contributed by atoms with E-state index in [0.29, 0.717) is 5.78 Å². The van der Waals surface area contributed by atoms with Crippen molar-refractivity contribution in [2.24, 2.45) is 0 Å². The molecule has 2 heteroatoms. The van der Waals surface area contributed by atoms with Crippen LogP contribution in [0.3, 0.4) is 0 Å². The van der Waals surface area contributed by atoms with Gasteiger partial charge in [0.2, 0.25) is 0 Å². The fraction of sp³-hybridized carbons (Fsp3) is 0.800. The summed E-state index contributed by atoms with van der Waals surface area (Å²) in [6.07, 6.45) is 1.87. The van der Waals surface area contributed by atoms with Gasteiger partial charge in [-0.3, -0.25) is 0 Å². The molecule has 0 saturated carbocycles. The van der Waals surface area contributed by atoms with Crippen LogP contribution in [0.25, 0.3) is 0 Å². The van der Waals surface area contributed by atoms with Crippen molar-refractivity contribution in [3.05, 3.63) is 0 Å². The molecule has 0 heterocycles. The summed E-state index contributed by atoms with van der Waals surface area (Å²) in [5.74, 6) is 0.322. The monoisotopic (exact) mass is 205 g/mol. The number of hydrogen-bond donors (Lipinski definition) is 0. The molecule has 0 atom stereocenters. The average molecular weight is 204 g/mol. The van der Waals surface area contributed by atoms with Gasteiger partial charge < -0.3 is 0 Å². The standard InChI is InChI=1S/C5H9O.Sn/c1-3-4-5(2)6;/h1,3-4H2,2H3;. The van der Waals surface area contributed by atoms with Crippen LogP contribution < -0.4 is 0 Å². The van der Waals surface area contributed by atoms with Crippen LogP contribution in [0.4, 0.5) is 0 Å². The van der Waals surface area contributed by atoms with E-state index in [4.69, 9.17) is 0 Å². The molecule has 0 bridgehead atoms. The van der Waals surface area contributed by atoms with E-state index in [1.165, 1.54) is 27.0 Å². The first-order chi connectivity index (χ1) is 3.27. The topological polar surface area (TPSA) is 17.1 Å². The second kappa shape index (κ2) is 4.62. The van der Waals surface area contributed by atoms with E-state index in [0.717, 1.165) is 12.8 Å². The van der Waals surface area contributed by atoms with Crippen molar-refractivity contribution >= 4 is 28.3 Å². The quantitative estimate of drug-likeness (QED) is 0.625. The zero-order valence-corrected chi connectivity index (χ0v) is 7.38. The van der Waals surface area contributed by atoms with Crippen LogP contribution in [0.1, 0.15) is 19.8 Å². The van der Waals surface area contributed by atoms with Gasteiger partial charge >= 0.3 is 57.3 Å².